The lowest BCUT2D eigenvalue weighted by Gasteiger charge is -2.21. The Morgan fingerprint density at radius 3 is 2.32 bits per heavy atom. The minimum atomic E-state index is 0.600. The van der Waals surface area contributed by atoms with Crippen molar-refractivity contribution in [3.63, 3.8) is 0 Å². The average Bonchev–Trinajstić information content (AvgIpc) is 3.29. The van der Waals surface area contributed by atoms with Crippen LogP contribution in [-0.2, 0) is 0 Å². The Bertz CT molecular complexity index is 1640. The summed E-state index contributed by atoms with van der Waals surface area (Å²) in [5, 5.41) is 3.77. The first-order chi connectivity index (χ1) is 16.5. The maximum Gasteiger partial charge on any atom is 0.145 e. The van der Waals surface area contributed by atoms with Gasteiger partial charge < -0.3 is 0 Å². The summed E-state index contributed by atoms with van der Waals surface area (Å²) in [6, 6.07) is 24.1. The van der Waals surface area contributed by atoms with Gasteiger partial charge in [0.2, 0.25) is 0 Å². The Morgan fingerprint density at radius 2 is 1.53 bits per heavy atom. The van der Waals surface area contributed by atoms with Crippen LogP contribution in [0.5, 0.6) is 0 Å². The fourth-order valence-electron chi connectivity index (χ4n) is 5.70. The van der Waals surface area contributed by atoms with Crippen molar-refractivity contribution in [3.8, 4) is 11.1 Å². The number of allylic oxidation sites excluding steroid dienone is 4. The smallest absolute Gasteiger partial charge is 0.145 e. The molecule has 1 aliphatic carbocycles. The Labute approximate surface area is 201 Å². The minimum Gasteiger partial charge on any atom is -0.292 e. The third-order valence-corrected chi connectivity index (χ3v) is 7.51. The molecule has 0 N–H and O–H groups in total. The van der Waals surface area contributed by atoms with E-state index in [2.05, 4.69) is 111 Å². The largest absolute Gasteiger partial charge is 0.292 e. The van der Waals surface area contributed by atoms with Crippen molar-refractivity contribution in [1.82, 2.24) is 9.38 Å². The number of rotatable bonds is 3. The van der Waals surface area contributed by atoms with E-state index in [4.69, 9.17) is 4.98 Å². The van der Waals surface area contributed by atoms with Crippen molar-refractivity contribution in [3.05, 3.63) is 101 Å². The number of aromatic nitrogens is 2. The van der Waals surface area contributed by atoms with Crippen molar-refractivity contribution in [2.75, 3.05) is 0 Å². The molecule has 2 heterocycles. The molecule has 168 valence electrons. The molecule has 2 nitrogen and oxygen atoms in total. The summed E-state index contributed by atoms with van der Waals surface area (Å²) in [7, 11) is 0. The van der Waals surface area contributed by atoms with Gasteiger partial charge in [-0.25, -0.2) is 4.98 Å². The molecule has 0 spiro atoms. The molecule has 2 heteroatoms. The van der Waals surface area contributed by atoms with Gasteiger partial charge in [-0.3, -0.25) is 4.40 Å². The molecule has 34 heavy (non-hydrogen) atoms. The first-order valence-corrected chi connectivity index (χ1v) is 12.3. The van der Waals surface area contributed by atoms with E-state index in [1.165, 1.54) is 55.2 Å². The Hall–Kier alpha value is -3.65. The van der Waals surface area contributed by atoms with Crippen molar-refractivity contribution in [1.29, 1.82) is 0 Å². The molecular weight excluding hydrogens is 412 g/mol. The summed E-state index contributed by atoms with van der Waals surface area (Å²) >= 11 is 0. The van der Waals surface area contributed by atoms with Crippen molar-refractivity contribution >= 4 is 32.9 Å². The zero-order valence-electron chi connectivity index (χ0n) is 20.4. The lowest BCUT2D eigenvalue weighted by molar-refractivity contribution is 0.709. The second-order valence-electron chi connectivity index (χ2n) is 9.90. The molecule has 0 atom stereocenters. The molecule has 0 aliphatic heterocycles. The van der Waals surface area contributed by atoms with Gasteiger partial charge in [-0.05, 0) is 66.5 Å². The van der Waals surface area contributed by atoms with Gasteiger partial charge in [0.25, 0.3) is 0 Å². The molecule has 0 unspecified atom stereocenters. The first-order valence-electron chi connectivity index (χ1n) is 12.3. The predicted octanol–water partition coefficient (Wildman–Crippen LogP) is 8.77. The highest BCUT2D eigenvalue weighted by Gasteiger charge is 2.21. The summed E-state index contributed by atoms with van der Waals surface area (Å²) < 4.78 is 2.40. The minimum absolute atomic E-state index is 0.600. The molecule has 0 fully saturated rings. The summed E-state index contributed by atoms with van der Waals surface area (Å²) in [6.45, 7) is 9.05. The molecule has 1 aliphatic rings. The molecule has 0 saturated carbocycles. The Morgan fingerprint density at radius 1 is 0.794 bits per heavy atom. The van der Waals surface area contributed by atoms with Gasteiger partial charge in [0.15, 0.2) is 0 Å². The highest BCUT2D eigenvalue weighted by molar-refractivity contribution is 6.18. The number of benzene rings is 3. The number of aryl methyl sites for hydroxylation is 1. The number of hydrogen-bond donors (Lipinski definition) is 0. The lowest BCUT2D eigenvalue weighted by atomic mass is 9.86. The normalized spacial score (nSPS) is 14.6. The van der Waals surface area contributed by atoms with Crippen LogP contribution in [-0.4, -0.2) is 9.38 Å². The molecule has 0 bridgehead atoms. The maximum atomic E-state index is 5.03. The fourth-order valence-corrected chi connectivity index (χ4v) is 5.70. The third kappa shape index (κ3) is 3.13. The lowest BCUT2D eigenvalue weighted by Crippen LogP contribution is -2.04. The molecule has 2 aromatic heterocycles. The van der Waals surface area contributed by atoms with E-state index in [1.54, 1.807) is 5.57 Å². The van der Waals surface area contributed by atoms with E-state index in [9.17, 15) is 0 Å². The van der Waals surface area contributed by atoms with E-state index < -0.39 is 0 Å². The monoisotopic (exact) mass is 442 g/mol. The standard InChI is InChI=1S/C32H30N2/c1-20(2)23-16-17-25(22(4)18-23)30-19-33-32-28-14-9-13-26(24-11-6-5-10-21(24)3)31(28)27-12-7-8-15-29(27)34(30)32/h5-15,18-20H,16-17H2,1-4H3. The number of imidazole rings is 1. The summed E-state index contributed by atoms with van der Waals surface area (Å²) in [6.07, 6.45) is 6.69. The SMILES string of the molecule is CC1=C(c2cnc3c4cccc(-c5ccccc5C)c4c4ccccc4n23)CCC(C(C)C)=C1. The predicted molar refractivity (Wildman–Crippen MR) is 145 cm³/mol. The quantitative estimate of drug-likeness (QED) is 0.255. The van der Waals surface area contributed by atoms with Crippen LogP contribution in [0, 0.1) is 12.8 Å². The number of nitrogens with zero attached hydrogens (tertiary/aromatic N) is 2. The number of para-hydroxylation sites is 1. The van der Waals surface area contributed by atoms with Crippen LogP contribution >= 0.6 is 0 Å². The van der Waals surface area contributed by atoms with E-state index in [0.717, 1.165) is 18.5 Å². The second-order valence-corrected chi connectivity index (χ2v) is 9.90. The molecule has 3 aromatic carbocycles. The third-order valence-electron chi connectivity index (χ3n) is 7.51. The van der Waals surface area contributed by atoms with Crippen LogP contribution in [0.25, 0.3) is 44.0 Å². The molecule has 5 aromatic rings. The Kier molecular flexibility index (Phi) is 4.91. The van der Waals surface area contributed by atoms with Gasteiger partial charge in [0, 0.05) is 16.2 Å². The van der Waals surface area contributed by atoms with Crippen molar-refractivity contribution in [2.24, 2.45) is 5.92 Å². The van der Waals surface area contributed by atoms with Gasteiger partial charge in [0.1, 0.15) is 5.65 Å². The number of pyridine rings is 1. The van der Waals surface area contributed by atoms with Gasteiger partial charge in [-0.1, -0.05) is 86.2 Å². The topological polar surface area (TPSA) is 17.3 Å². The maximum absolute atomic E-state index is 5.03. The van der Waals surface area contributed by atoms with Gasteiger partial charge in [-0.15, -0.1) is 0 Å². The Balaban J connectivity index is 1.72. The van der Waals surface area contributed by atoms with Crippen LogP contribution in [0.15, 0.2) is 90.1 Å². The van der Waals surface area contributed by atoms with E-state index >= 15 is 0 Å². The van der Waals surface area contributed by atoms with E-state index in [0.29, 0.717) is 5.92 Å². The molecule has 0 amide bonds. The van der Waals surface area contributed by atoms with Crippen LogP contribution in [0.1, 0.15) is 44.9 Å². The summed E-state index contributed by atoms with van der Waals surface area (Å²) in [4.78, 5) is 5.03. The second kappa shape index (κ2) is 7.99. The van der Waals surface area contributed by atoms with E-state index in [1.807, 2.05) is 0 Å². The average molecular weight is 443 g/mol. The van der Waals surface area contributed by atoms with E-state index in [-0.39, 0.29) is 0 Å². The van der Waals surface area contributed by atoms with Gasteiger partial charge >= 0.3 is 0 Å². The first kappa shape index (κ1) is 20.9. The van der Waals surface area contributed by atoms with Crippen LogP contribution in [0.3, 0.4) is 0 Å². The van der Waals surface area contributed by atoms with Gasteiger partial charge in [0.05, 0.1) is 17.4 Å². The zero-order chi connectivity index (χ0) is 23.4. The van der Waals surface area contributed by atoms with Crippen LogP contribution < -0.4 is 0 Å². The fraction of sp³-hybridized carbons (Fsp3) is 0.219. The van der Waals surface area contributed by atoms with Gasteiger partial charge in [-0.2, -0.15) is 0 Å². The van der Waals surface area contributed by atoms with Crippen molar-refractivity contribution < 1.29 is 0 Å². The molecule has 0 saturated heterocycles. The molecular formula is C32H30N2. The van der Waals surface area contributed by atoms with Crippen LogP contribution in [0.4, 0.5) is 0 Å². The zero-order valence-corrected chi connectivity index (χ0v) is 20.4. The number of hydrogen-bond acceptors (Lipinski definition) is 1. The number of fused-ring (bicyclic) bond motifs is 6. The van der Waals surface area contributed by atoms with Crippen molar-refractivity contribution in [2.45, 2.75) is 40.5 Å². The van der Waals surface area contributed by atoms with Crippen LogP contribution in [0.2, 0.25) is 0 Å². The summed E-state index contributed by atoms with van der Waals surface area (Å²) in [5.41, 5.74) is 11.7. The highest BCUT2D eigenvalue weighted by atomic mass is 15.0. The summed E-state index contributed by atoms with van der Waals surface area (Å²) in [5.74, 6) is 0.600. The molecule has 0 radical (unpaired) electrons. The molecule has 6 rings (SSSR count). The highest BCUT2D eigenvalue weighted by Crippen LogP contribution is 2.40.